The van der Waals surface area contributed by atoms with Gasteiger partial charge in [0, 0.05) is 13.0 Å². The first-order valence-corrected chi connectivity index (χ1v) is 3.14. The van der Waals surface area contributed by atoms with Crippen LogP contribution in [0.25, 0.3) is 0 Å². The van der Waals surface area contributed by atoms with Crippen molar-refractivity contribution in [3.8, 4) is 5.88 Å². The van der Waals surface area contributed by atoms with Gasteiger partial charge in [0.05, 0.1) is 4.88 Å². The Labute approximate surface area is 56.1 Å². The van der Waals surface area contributed by atoms with Crippen LogP contribution in [0.1, 0.15) is 16.6 Å². The summed E-state index contributed by atoms with van der Waals surface area (Å²) in [4.78, 5) is 11.0. The Hall–Kier alpha value is -0.900. The molecule has 0 atom stereocenters. The van der Waals surface area contributed by atoms with Gasteiger partial charge in [-0.3, -0.25) is 4.79 Å². The minimum absolute atomic E-state index is 0.0622. The number of hydrogen-bond acceptors (Lipinski definition) is 4. The predicted molar refractivity (Wildman–Crippen MR) is 33.8 cm³/mol. The summed E-state index contributed by atoms with van der Waals surface area (Å²) in [6.45, 7) is 1.44. The molecule has 0 aliphatic carbocycles. The van der Waals surface area contributed by atoms with Gasteiger partial charge in [-0.2, -0.15) is 4.37 Å². The van der Waals surface area contributed by atoms with Gasteiger partial charge in [-0.25, -0.2) is 0 Å². The van der Waals surface area contributed by atoms with E-state index in [1.165, 1.54) is 13.0 Å². The van der Waals surface area contributed by atoms with Gasteiger partial charge in [-0.05, 0) is 11.5 Å². The topological polar surface area (TPSA) is 50.2 Å². The van der Waals surface area contributed by atoms with E-state index in [1.54, 1.807) is 0 Å². The fraction of sp³-hybridized carbons (Fsp3) is 0.200. The lowest BCUT2D eigenvalue weighted by Crippen LogP contribution is -1.83. The van der Waals surface area contributed by atoms with Crippen molar-refractivity contribution in [2.24, 2.45) is 0 Å². The molecule has 1 aromatic heterocycles. The zero-order valence-corrected chi connectivity index (χ0v) is 5.60. The zero-order chi connectivity index (χ0) is 6.85. The van der Waals surface area contributed by atoms with Crippen molar-refractivity contribution in [1.82, 2.24) is 4.37 Å². The van der Waals surface area contributed by atoms with Gasteiger partial charge in [0.15, 0.2) is 5.78 Å². The van der Waals surface area contributed by atoms with Gasteiger partial charge in [0.2, 0.25) is 5.88 Å². The molecule has 0 saturated heterocycles. The van der Waals surface area contributed by atoms with Gasteiger partial charge in [-0.1, -0.05) is 0 Å². The number of nitrogens with zero attached hydrogens (tertiary/aromatic N) is 1. The van der Waals surface area contributed by atoms with Crippen molar-refractivity contribution in [2.75, 3.05) is 0 Å². The number of carbonyl (C=O) groups is 1. The molecule has 1 heterocycles. The van der Waals surface area contributed by atoms with Crippen molar-refractivity contribution < 1.29 is 9.90 Å². The second-order valence-electron chi connectivity index (χ2n) is 1.61. The Morgan fingerprint density at radius 3 is 2.78 bits per heavy atom. The molecular formula is C5H5NO2S. The van der Waals surface area contributed by atoms with Gasteiger partial charge in [0.25, 0.3) is 0 Å². The number of hydrogen-bond donors (Lipinski definition) is 1. The van der Waals surface area contributed by atoms with Crippen molar-refractivity contribution in [1.29, 1.82) is 0 Å². The van der Waals surface area contributed by atoms with Crippen LogP contribution in [0, 0.1) is 0 Å². The zero-order valence-electron chi connectivity index (χ0n) is 4.79. The maximum atomic E-state index is 10.5. The maximum absolute atomic E-state index is 10.5. The van der Waals surface area contributed by atoms with Crippen LogP contribution in [0.5, 0.6) is 5.88 Å². The molecule has 0 saturated carbocycles. The highest BCUT2D eigenvalue weighted by Crippen LogP contribution is 2.14. The predicted octanol–water partition coefficient (Wildman–Crippen LogP) is 1.05. The molecule has 0 aliphatic heterocycles. The van der Waals surface area contributed by atoms with Crippen LogP contribution in [-0.4, -0.2) is 15.3 Å². The molecule has 0 fully saturated rings. The van der Waals surface area contributed by atoms with Crippen LogP contribution < -0.4 is 0 Å². The third kappa shape index (κ3) is 1.26. The van der Waals surface area contributed by atoms with E-state index < -0.39 is 0 Å². The lowest BCUT2D eigenvalue weighted by Gasteiger charge is -1.78. The molecule has 1 N–H and O–H groups in total. The highest BCUT2D eigenvalue weighted by Gasteiger charge is 2.02. The van der Waals surface area contributed by atoms with Crippen molar-refractivity contribution in [3.63, 3.8) is 0 Å². The Balaban J connectivity index is 2.98. The average Bonchev–Trinajstić information content (AvgIpc) is 2.14. The molecule has 0 amide bonds. The number of ketones is 1. The van der Waals surface area contributed by atoms with Gasteiger partial charge in [-0.15, -0.1) is 0 Å². The molecular weight excluding hydrogens is 138 g/mol. The highest BCUT2D eigenvalue weighted by atomic mass is 32.1. The summed E-state index contributed by atoms with van der Waals surface area (Å²) in [5.41, 5.74) is 0. The normalized spacial score (nSPS) is 9.44. The number of Topliss-reactive ketones (excluding diaryl/α,β-unsaturated/α-hetero) is 1. The van der Waals surface area contributed by atoms with E-state index >= 15 is 0 Å². The van der Waals surface area contributed by atoms with E-state index in [1.807, 2.05) is 0 Å². The van der Waals surface area contributed by atoms with Gasteiger partial charge >= 0.3 is 0 Å². The van der Waals surface area contributed by atoms with Gasteiger partial charge < -0.3 is 5.11 Å². The molecule has 9 heavy (non-hydrogen) atoms. The number of aromatic hydroxyl groups is 1. The molecule has 1 rings (SSSR count). The first-order chi connectivity index (χ1) is 4.20. The Morgan fingerprint density at radius 2 is 2.56 bits per heavy atom. The van der Waals surface area contributed by atoms with Crippen LogP contribution in [0.4, 0.5) is 0 Å². The van der Waals surface area contributed by atoms with E-state index in [4.69, 9.17) is 5.11 Å². The van der Waals surface area contributed by atoms with Crippen LogP contribution >= 0.6 is 11.5 Å². The lowest BCUT2D eigenvalue weighted by atomic mass is 10.4. The molecule has 48 valence electrons. The minimum atomic E-state index is -0.0785. The fourth-order valence-electron chi connectivity index (χ4n) is 0.432. The molecule has 0 aliphatic rings. The fourth-order valence-corrected chi connectivity index (χ4v) is 0.963. The monoisotopic (exact) mass is 143 g/mol. The average molecular weight is 143 g/mol. The molecule has 0 unspecified atom stereocenters. The molecule has 0 aromatic carbocycles. The SMILES string of the molecule is CC(=O)c1cc(O)ns1. The van der Waals surface area contributed by atoms with Crippen molar-refractivity contribution in [3.05, 3.63) is 10.9 Å². The summed E-state index contributed by atoms with van der Waals surface area (Å²) in [7, 11) is 0. The molecule has 3 nitrogen and oxygen atoms in total. The van der Waals surface area contributed by atoms with E-state index in [2.05, 4.69) is 4.37 Å². The summed E-state index contributed by atoms with van der Waals surface area (Å²) in [6.07, 6.45) is 0. The molecule has 4 heteroatoms. The Morgan fingerprint density at radius 1 is 1.89 bits per heavy atom. The second kappa shape index (κ2) is 2.14. The van der Waals surface area contributed by atoms with Gasteiger partial charge in [0.1, 0.15) is 0 Å². The van der Waals surface area contributed by atoms with E-state index in [-0.39, 0.29) is 11.7 Å². The smallest absolute Gasteiger partial charge is 0.223 e. The maximum Gasteiger partial charge on any atom is 0.223 e. The molecule has 0 spiro atoms. The summed E-state index contributed by atoms with van der Waals surface area (Å²) in [5.74, 6) is -0.141. The minimum Gasteiger partial charge on any atom is -0.493 e. The number of carbonyl (C=O) groups excluding carboxylic acids is 1. The van der Waals surface area contributed by atoms with Crippen molar-refractivity contribution in [2.45, 2.75) is 6.92 Å². The van der Waals surface area contributed by atoms with Crippen LogP contribution in [-0.2, 0) is 0 Å². The standard InChI is InChI=1S/C5H5NO2S/c1-3(7)4-2-5(8)6-9-4/h2H,1H3,(H,6,8). The quantitative estimate of drug-likeness (QED) is 0.598. The van der Waals surface area contributed by atoms with E-state index in [9.17, 15) is 4.79 Å². The van der Waals surface area contributed by atoms with Crippen LogP contribution in [0.15, 0.2) is 6.07 Å². The summed E-state index contributed by atoms with van der Waals surface area (Å²) in [5, 5.41) is 8.65. The molecule has 0 radical (unpaired) electrons. The second-order valence-corrected chi connectivity index (χ2v) is 2.41. The van der Waals surface area contributed by atoms with Crippen LogP contribution in [0.2, 0.25) is 0 Å². The third-order valence-corrected chi connectivity index (χ3v) is 1.73. The largest absolute Gasteiger partial charge is 0.493 e. The van der Waals surface area contributed by atoms with Crippen molar-refractivity contribution >= 4 is 17.3 Å². The third-order valence-electron chi connectivity index (χ3n) is 0.845. The molecule has 1 aromatic rings. The van der Waals surface area contributed by atoms with Crippen LogP contribution in [0.3, 0.4) is 0 Å². The lowest BCUT2D eigenvalue weighted by molar-refractivity contribution is 0.102. The number of rotatable bonds is 1. The summed E-state index contributed by atoms with van der Waals surface area (Å²) in [6, 6.07) is 1.35. The van der Waals surface area contributed by atoms with E-state index in [0.29, 0.717) is 4.88 Å². The summed E-state index contributed by atoms with van der Waals surface area (Å²) >= 11 is 1.01. The number of aromatic nitrogens is 1. The van der Waals surface area contributed by atoms with E-state index in [0.717, 1.165) is 11.5 Å². The Bertz CT molecular complexity index is 231. The highest BCUT2D eigenvalue weighted by molar-refractivity contribution is 7.08. The first-order valence-electron chi connectivity index (χ1n) is 2.37. The molecule has 0 bridgehead atoms. The Kier molecular flexibility index (Phi) is 1.48. The summed E-state index contributed by atoms with van der Waals surface area (Å²) < 4.78 is 3.51. The first kappa shape index (κ1) is 6.22.